The van der Waals surface area contributed by atoms with Gasteiger partial charge in [-0.2, -0.15) is 0 Å². The van der Waals surface area contributed by atoms with E-state index in [-0.39, 0.29) is 0 Å². The number of carboxylic acid groups (broad SMARTS) is 1. The number of aliphatic carboxylic acids is 1. The van der Waals surface area contributed by atoms with Crippen molar-refractivity contribution in [3.05, 3.63) is 54.1 Å². The van der Waals surface area contributed by atoms with E-state index in [0.717, 1.165) is 11.1 Å². The highest BCUT2D eigenvalue weighted by Gasteiger charge is 2.20. The van der Waals surface area contributed by atoms with Gasteiger partial charge < -0.3 is 9.84 Å². The Hall–Kier alpha value is -2.73. The summed E-state index contributed by atoms with van der Waals surface area (Å²) in [7, 11) is 0. The second-order valence-corrected chi connectivity index (χ2v) is 5.08. The number of benzene rings is 2. The molecule has 2 aromatic rings. The highest BCUT2D eigenvalue weighted by Crippen LogP contribution is 2.34. The molecule has 0 amide bonds. The van der Waals surface area contributed by atoms with Gasteiger partial charge in [0, 0.05) is 12.0 Å². The number of carboxylic acids is 1. The van der Waals surface area contributed by atoms with Crippen LogP contribution in [0.15, 0.2) is 48.5 Å². The third-order valence-electron chi connectivity index (χ3n) is 3.57. The van der Waals surface area contributed by atoms with Crippen molar-refractivity contribution < 1.29 is 14.6 Å². The summed E-state index contributed by atoms with van der Waals surface area (Å²) in [4.78, 5) is 11.5. The molecule has 3 heteroatoms. The summed E-state index contributed by atoms with van der Waals surface area (Å²) in [6.07, 6.45) is 0.294. The van der Waals surface area contributed by atoms with E-state index in [9.17, 15) is 9.90 Å². The first kappa shape index (κ1) is 16.6. The van der Waals surface area contributed by atoms with Gasteiger partial charge in [0.05, 0.1) is 12.5 Å². The molecule has 1 N–H and O–H groups in total. The van der Waals surface area contributed by atoms with Crippen LogP contribution >= 0.6 is 0 Å². The number of ether oxygens (including phenoxy) is 1. The number of carbonyl (C=O) groups is 1. The summed E-state index contributed by atoms with van der Waals surface area (Å²) in [5, 5.41) is 9.45. The van der Waals surface area contributed by atoms with Crippen molar-refractivity contribution in [3.63, 3.8) is 0 Å². The lowest BCUT2D eigenvalue weighted by Crippen LogP contribution is -2.11. The van der Waals surface area contributed by atoms with Gasteiger partial charge in [0.2, 0.25) is 0 Å². The quantitative estimate of drug-likeness (QED) is 0.808. The van der Waals surface area contributed by atoms with E-state index in [1.54, 1.807) is 6.92 Å². The van der Waals surface area contributed by atoms with Gasteiger partial charge in [-0.05, 0) is 31.0 Å². The summed E-state index contributed by atoms with van der Waals surface area (Å²) in [5.74, 6) is 4.79. The van der Waals surface area contributed by atoms with Crippen molar-refractivity contribution in [1.82, 2.24) is 0 Å². The van der Waals surface area contributed by atoms with E-state index in [2.05, 4.69) is 11.8 Å². The third-order valence-corrected chi connectivity index (χ3v) is 3.57. The van der Waals surface area contributed by atoms with Gasteiger partial charge >= 0.3 is 5.97 Å². The zero-order valence-corrected chi connectivity index (χ0v) is 13.4. The van der Waals surface area contributed by atoms with Crippen molar-refractivity contribution in [1.29, 1.82) is 0 Å². The van der Waals surface area contributed by atoms with Crippen molar-refractivity contribution in [2.24, 2.45) is 0 Å². The monoisotopic (exact) mass is 308 g/mol. The normalized spacial score (nSPS) is 11.2. The average Bonchev–Trinajstić information content (AvgIpc) is 2.56. The Morgan fingerprint density at radius 1 is 1.22 bits per heavy atom. The van der Waals surface area contributed by atoms with Gasteiger partial charge in [-0.1, -0.05) is 42.5 Å². The number of rotatable bonds is 6. The molecule has 0 aliphatic heterocycles. The second-order valence-electron chi connectivity index (χ2n) is 5.08. The van der Waals surface area contributed by atoms with E-state index in [1.165, 1.54) is 0 Å². The zero-order chi connectivity index (χ0) is 16.7. The number of hydrogen-bond acceptors (Lipinski definition) is 2. The molecule has 0 aromatic heterocycles. The fourth-order valence-electron chi connectivity index (χ4n) is 2.44. The van der Waals surface area contributed by atoms with Crippen LogP contribution in [-0.4, -0.2) is 17.7 Å². The lowest BCUT2D eigenvalue weighted by atomic mass is 9.93. The molecule has 0 heterocycles. The average molecular weight is 308 g/mol. The molecule has 0 bridgehead atoms. The fraction of sp³-hybridized carbons (Fsp3) is 0.250. The van der Waals surface area contributed by atoms with Crippen molar-refractivity contribution in [3.8, 4) is 28.7 Å². The predicted molar refractivity (Wildman–Crippen MR) is 91.5 cm³/mol. The van der Waals surface area contributed by atoms with Gasteiger partial charge in [0.1, 0.15) is 5.75 Å². The minimum absolute atomic E-state index is 0.294. The maximum atomic E-state index is 11.5. The van der Waals surface area contributed by atoms with Crippen LogP contribution in [0, 0.1) is 11.8 Å². The molecule has 23 heavy (non-hydrogen) atoms. The maximum Gasteiger partial charge on any atom is 0.311 e. The first-order valence-electron chi connectivity index (χ1n) is 7.62. The zero-order valence-electron chi connectivity index (χ0n) is 13.4. The van der Waals surface area contributed by atoms with Crippen LogP contribution in [0.2, 0.25) is 0 Å². The molecule has 0 spiro atoms. The first-order valence-corrected chi connectivity index (χ1v) is 7.62. The van der Waals surface area contributed by atoms with Crippen LogP contribution in [0.1, 0.15) is 31.7 Å². The molecule has 0 fully saturated rings. The minimum atomic E-state index is -0.873. The van der Waals surface area contributed by atoms with Gasteiger partial charge in [-0.15, -0.1) is 11.8 Å². The van der Waals surface area contributed by atoms with E-state index in [0.29, 0.717) is 24.3 Å². The Kier molecular flexibility index (Phi) is 5.82. The van der Waals surface area contributed by atoms with Gasteiger partial charge in [-0.25, -0.2) is 0 Å². The van der Waals surface area contributed by atoms with Crippen molar-refractivity contribution in [2.45, 2.75) is 26.2 Å². The first-order chi connectivity index (χ1) is 11.2. The molecule has 0 saturated heterocycles. The maximum absolute atomic E-state index is 11.5. The summed E-state index contributed by atoms with van der Waals surface area (Å²) < 4.78 is 5.74. The lowest BCUT2D eigenvalue weighted by molar-refractivity contribution is -0.138. The predicted octanol–water partition coefficient (Wildman–Crippen LogP) is 4.33. The molecule has 2 rings (SSSR count). The topological polar surface area (TPSA) is 46.5 Å². The van der Waals surface area contributed by atoms with Crippen molar-refractivity contribution >= 4 is 5.97 Å². The molecule has 0 aliphatic carbocycles. The standard InChI is InChI=1S/C20H20O3/c1-3-5-11-18(20(21)22)16-12-13-17(19(14-16)23-4-2)15-9-7-6-8-10-15/h6-10,12-14,18H,4,11H2,1-2H3,(H,21,22). The van der Waals surface area contributed by atoms with Crippen LogP contribution in [-0.2, 0) is 4.79 Å². The summed E-state index contributed by atoms with van der Waals surface area (Å²) >= 11 is 0. The van der Waals surface area contributed by atoms with Gasteiger partial charge in [0.15, 0.2) is 0 Å². The molecule has 3 nitrogen and oxygen atoms in total. The van der Waals surface area contributed by atoms with E-state index in [1.807, 2.05) is 55.5 Å². The Labute approximate surface area is 136 Å². The molecule has 1 unspecified atom stereocenters. The molecular formula is C20H20O3. The smallest absolute Gasteiger partial charge is 0.311 e. The largest absolute Gasteiger partial charge is 0.493 e. The molecule has 0 radical (unpaired) electrons. The third kappa shape index (κ3) is 4.14. The summed E-state index contributed by atoms with van der Waals surface area (Å²) in [5.41, 5.74) is 2.72. The molecular weight excluding hydrogens is 288 g/mol. The van der Waals surface area contributed by atoms with E-state index in [4.69, 9.17) is 4.74 Å². The van der Waals surface area contributed by atoms with Crippen LogP contribution in [0.4, 0.5) is 0 Å². The molecule has 2 aromatic carbocycles. The van der Waals surface area contributed by atoms with Crippen LogP contribution in [0.3, 0.4) is 0 Å². The Morgan fingerprint density at radius 3 is 2.57 bits per heavy atom. The van der Waals surface area contributed by atoms with Gasteiger partial charge in [0.25, 0.3) is 0 Å². The highest BCUT2D eigenvalue weighted by molar-refractivity contribution is 5.78. The molecule has 1 atom stereocenters. The number of hydrogen-bond donors (Lipinski definition) is 1. The highest BCUT2D eigenvalue weighted by atomic mass is 16.5. The molecule has 0 aliphatic rings. The fourth-order valence-corrected chi connectivity index (χ4v) is 2.44. The van der Waals surface area contributed by atoms with E-state index < -0.39 is 11.9 Å². The van der Waals surface area contributed by atoms with Crippen LogP contribution < -0.4 is 4.74 Å². The Balaban J connectivity index is 2.45. The SMILES string of the molecule is CC#CCC(C(=O)O)c1ccc(-c2ccccc2)c(OCC)c1. The van der Waals surface area contributed by atoms with Gasteiger partial charge in [-0.3, -0.25) is 4.79 Å². The molecule has 0 saturated carbocycles. The summed E-state index contributed by atoms with van der Waals surface area (Å²) in [6, 6.07) is 15.5. The van der Waals surface area contributed by atoms with E-state index >= 15 is 0 Å². The van der Waals surface area contributed by atoms with Crippen molar-refractivity contribution in [2.75, 3.05) is 6.61 Å². The Bertz CT molecular complexity index is 724. The Morgan fingerprint density at radius 2 is 1.96 bits per heavy atom. The minimum Gasteiger partial charge on any atom is -0.493 e. The lowest BCUT2D eigenvalue weighted by Gasteiger charge is -2.15. The summed E-state index contributed by atoms with van der Waals surface area (Å²) in [6.45, 7) is 4.15. The van der Waals surface area contributed by atoms with Crippen LogP contribution in [0.5, 0.6) is 5.75 Å². The van der Waals surface area contributed by atoms with Crippen LogP contribution in [0.25, 0.3) is 11.1 Å². The molecule has 118 valence electrons. The second kappa shape index (κ2) is 8.05.